The number of nitrogens with one attached hydrogen (secondary N) is 2. The molecule has 0 saturated heterocycles. The highest BCUT2D eigenvalue weighted by molar-refractivity contribution is 5.81. The third-order valence-electron chi connectivity index (χ3n) is 2.25. The molecule has 0 radical (unpaired) electrons. The van der Waals surface area contributed by atoms with Crippen molar-refractivity contribution in [1.82, 2.24) is 5.32 Å². The largest absolute Gasteiger partial charge is 0.495 e. The van der Waals surface area contributed by atoms with Crippen molar-refractivity contribution in [3.05, 3.63) is 24.3 Å². The highest BCUT2D eigenvalue weighted by Gasteiger charge is 2.04. The molecule has 4 heteroatoms. The van der Waals surface area contributed by atoms with Crippen molar-refractivity contribution in [2.75, 3.05) is 25.5 Å². The van der Waals surface area contributed by atoms with Crippen molar-refractivity contribution in [1.29, 1.82) is 0 Å². The minimum Gasteiger partial charge on any atom is -0.495 e. The highest BCUT2D eigenvalue weighted by atomic mass is 16.5. The summed E-state index contributed by atoms with van der Waals surface area (Å²) in [7, 11) is 1.61. The molecular weight excluding hydrogens is 216 g/mol. The van der Waals surface area contributed by atoms with Gasteiger partial charge in [-0.1, -0.05) is 26.0 Å². The van der Waals surface area contributed by atoms with Crippen LogP contribution in [0.1, 0.15) is 13.8 Å². The van der Waals surface area contributed by atoms with Crippen LogP contribution < -0.4 is 15.4 Å². The molecule has 0 aromatic heterocycles. The fraction of sp³-hybridized carbons (Fsp3) is 0.462. The Labute approximate surface area is 102 Å². The molecule has 4 nitrogen and oxygen atoms in total. The molecule has 0 bridgehead atoms. The van der Waals surface area contributed by atoms with E-state index >= 15 is 0 Å². The van der Waals surface area contributed by atoms with Crippen LogP contribution in [0.15, 0.2) is 24.3 Å². The standard InChI is InChI=1S/C13H20N2O2/c1-10(2)8-15-13(16)9-14-11-6-4-5-7-12(11)17-3/h4-7,10,14H,8-9H2,1-3H3,(H,15,16). The predicted octanol–water partition coefficient (Wildman–Crippen LogP) is 1.88. The zero-order valence-electron chi connectivity index (χ0n) is 10.6. The van der Waals surface area contributed by atoms with Crippen LogP contribution in [0.3, 0.4) is 0 Å². The number of carbonyl (C=O) groups excluding carboxylic acids is 1. The summed E-state index contributed by atoms with van der Waals surface area (Å²) in [5.41, 5.74) is 0.828. The Kier molecular flexibility index (Phi) is 5.33. The maximum atomic E-state index is 11.5. The molecule has 1 rings (SSSR count). The van der Waals surface area contributed by atoms with Crippen molar-refractivity contribution < 1.29 is 9.53 Å². The van der Waals surface area contributed by atoms with E-state index in [4.69, 9.17) is 4.74 Å². The van der Waals surface area contributed by atoms with E-state index in [0.29, 0.717) is 12.5 Å². The van der Waals surface area contributed by atoms with Gasteiger partial charge < -0.3 is 15.4 Å². The molecule has 0 unspecified atom stereocenters. The maximum absolute atomic E-state index is 11.5. The van der Waals surface area contributed by atoms with Crippen LogP contribution in [-0.4, -0.2) is 26.1 Å². The van der Waals surface area contributed by atoms with Crippen LogP contribution in [0.2, 0.25) is 0 Å². The molecule has 17 heavy (non-hydrogen) atoms. The second-order valence-electron chi connectivity index (χ2n) is 4.25. The smallest absolute Gasteiger partial charge is 0.239 e. The number of benzene rings is 1. The number of methoxy groups -OCH3 is 1. The van der Waals surface area contributed by atoms with Gasteiger partial charge in [0.25, 0.3) is 0 Å². The van der Waals surface area contributed by atoms with E-state index in [1.807, 2.05) is 24.3 Å². The van der Waals surface area contributed by atoms with E-state index < -0.39 is 0 Å². The van der Waals surface area contributed by atoms with Gasteiger partial charge in [0.05, 0.1) is 19.3 Å². The molecular formula is C13H20N2O2. The third-order valence-corrected chi connectivity index (χ3v) is 2.25. The van der Waals surface area contributed by atoms with Gasteiger partial charge in [0.1, 0.15) is 5.75 Å². The van der Waals surface area contributed by atoms with Gasteiger partial charge in [0.15, 0.2) is 0 Å². The molecule has 0 saturated carbocycles. The molecule has 1 aromatic rings. The van der Waals surface area contributed by atoms with Gasteiger partial charge in [-0.3, -0.25) is 4.79 Å². The van der Waals surface area contributed by atoms with E-state index in [1.54, 1.807) is 7.11 Å². The fourth-order valence-electron chi connectivity index (χ4n) is 1.35. The molecule has 94 valence electrons. The van der Waals surface area contributed by atoms with Gasteiger partial charge in [-0.25, -0.2) is 0 Å². The predicted molar refractivity (Wildman–Crippen MR) is 69.3 cm³/mol. The minimum absolute atomic E-state index is 0.00962. The summed E-state index contributed by atoms with van der Waals surface area (Å²) in [6.45, 7) is 5.08. The average molecular weight is 236 g/mol. The van der Waals surface area contributed by atoms with Crippen molar-refractivity contribution in [2.24, 2.45) is 5.92 Å². The van der Waals surface area contributed by atoms with Gasteiger partial charge in [-0.15, -0.1) is 0 Å². The Morgan fingerprint density at radius 1 is 1.35 bits per heavy atom. The average Bonchev–Trinajstić information content (AvgIpc) is 2.34. The monoisotopic (exact) mass is 236 g/mol. The number of anilines is 1. The molecule has 0 spiro atoms. The van der Waals surface area contributed by atoms with Crippen LogP contribution in [0, 0.1) is 5.92 Å². The van der Waals surface area contributed by atoms with Crippen LogP contribution in [0.4, 0.5) is 5.69 Å². The summed E-state index contributed by atoms with van der Waals surface area (Å²) in [6, 6.07) is 7.53. The van der Waals surface area contributed by atoms with Gasteiger partial charge in [-0.2, -0.15) is 0 Å². The first-order chi connectivity index (χ1) is 8.13. The zero-order valence-corrected chi connectivity index (χ0v) is 10.6. The Balaban J connectivity index is 2.42. The molecule has 2 N–H and O–H groups in total. The minimum atomic E-state index is -0.00962. The molecule has 0 aliphatic heterocycles. The Hall–Kier alpha value is -1.71. The Morgan fingerprint density at radius 3 is 2.71 bits per heavy atom. The number of rotatable bonds is 6. The summed E-state index contributed by atoms with van der Waals surface area (Å²) in [5, 5.41) is 5.90. The summed E-state index contributed by atoms with van der Waals surface area (Å²) in [6.07, 6.45) is 0. The lowest BCUT2D eigenvalue weighted by molar-refractivity contribution is -0.119. The number of hydrogen-bond donors (Lipinski definition) is 2. The number of para-hydroxylation sites is 2. The lowest BCUT2D eigenvalue weighted by Crippen LogP contribution is -2.32. The molecule has 1 amide bonds. The molecule has 1 aromatic carbocycles. The fourth-order valence-corrected chi connectivity index (χ4v) is 1.35. The van der Waals surface area contributed by atoms with E-state index in [1.165, 1.54) is 0 Å². The summed E-state index contributed by atoms with van der Waals surface area (Å²) in [5.74, 6) is 1.19. The number of amides is 1. The Bertz CT molecular complexity index is 364. The quantitative estimate of drug-likeness (QED) is 0.793. The third kappa shape index (κ3) is 4.76. The number of carbonyl (C=O) groups is 1. The van der Waals surface area contributed by atoms with Crippen LogP contribution in [0.5, 0.6) is 5.75 Å². The molecule has 0 aliphatic rings. The lowest BCUT2D eigenvalue weighted by Gasteiger charge is -2.11. The molecule has 0 fully saturated rings. The normalized spacial score (nSPS) is 10.1. The first kappa shape index (κ1) is 13.4. The van der Waals surface area contributed by atoms with Crippen molar-refractivity contribution in [2.45, 2.75) is 13.8 Å². The maximum Gasteiger partial charge on any atom is 0.239 e. The van der Waals surface area contributed by atoms with E-state index in [-0.39, 0.29) is 12.5 Å². The topological polar surface area (TPSA) is 50.4 Å². The van der Waals surface area contributed by atoms with E-state index in [9.17, 15) is 4.79 Å². The molecule has 0 heterocycles. The summed E-state index contributed by atoms with van der Waals surface area (Å²) >= 11 is 0. The zero-order chi connectivity index (χ0) is 12.7. The van der Waals surface area contributed by atoms with E-state index in [0.717, 1.165) is 11.4 Å². The van der Waals surface area contributed by atoms with Crippen LogP contribution in [-0.2, 0) is 4.79 Å². The van der Waals surface area contributed by atoms with Gasteiger partial charge in [0.2, 0.25) is 5.91 Å². The Morgan fingerprint density at radius 2 is 2.06 bits per heavy atom. The first-order valence-corrected chi connectivity index (χ1v) is 5.77. The highest BCUT2D eigenvalue weighted by Crippen LogP contribution is 2.22. The van der Waals surface area contributed by atoms with Crippen LogP contribution in [0.25, 0.3) is 0 Å². The first-order valence-electron chi connectivity index (χ1n) is 5.77. The summed E-state index contributed by atoms with van der Waals surface area (Å²) in [4.78, 5) is 11.5. The van der Waals surface area contributed by atoms with Gasteiger partial charge >= 0.3 is 0 Å². The van der Waals surface area contributed by atoms with Gasteiger partial charge in [0, 0.05) is 6.54 Å². The van der Waals surface area contributed by atoms with Crippen molar-refractivity contribution in [3.63, 3.8) is 0 Å². The van der Waals surface area contributed by atoms with Crippen LogP contribution >= 0.6 is 0 Å². The second kappa shape index (κ2) is 6.78. The molecule has 0 aliphatic carbocycles. The van der Waals surface area contributed by atoms with E-state index in [2.05, 4.69) is 24.5 Å². The van der Waals surface area contributed by atoms with Crippen molar-refractivity contribution >= 4 is 11.6 Å². The number of ether oxygens (including phenoxy) is 1. The second-order valence-corrected chi connectivity index (χ2v) is 4.25. The lowest BCUT2D eigenvalue weighted by atomic mass is 10.2. The van der Waals surface area contributed by atoms with Gasteiger partial charge in [-0.05, 0) is 18.1 Å². The molecule has 0 atom stereocenters. The summed E-state index contributed by atoms with van der Waals surface area (Å²) < 4.78 is 5.18. The van der Waals surface area contributed by atoms with Crippen molar-refractivity contribution in [3.8, 4) is 5.75 Å². The SMILES string of the molecule is COc1ccccc1NCC(=O)NCC(C)C. The number of hydrogen-bond acceptors (Lipinski definition) is 3.